The Kier molecular flexibility index (Phi) is 3.27. The number of rotatable bonds is 3. The van der Waals surface area contributed by atoms with E-state index in [4.69, 9.17) is 0 Å². The van der Waals surface area contributed by atoms with Crippen molar-refractivity contribution in [3.8, 4) is 0 Å². The van der Waals surface area contributed by atoms with Crippen molar-refractivity contribution < 1.29 is 13.6 Å². The van der Waals surface area contributed by atoms with Gasteiger partial charge in [0.15, 0.2) is 17.4 Å². The van der Waals surface area contributed by atoms with Crippen LogP contribution in [0.15, 0.2) is 41.6 Å². The normalized spacial score (nSPS) is 10.3. The molecule has 0 fully saturated rings. The minimum atomic E-state index is -1.10. The third kappa shape index (κ3) is 2.48. The van der Waals surface area contributed by atoms with Crippen LogP contribution >= 0.6 is 0 Å². The third-order valence-corrected chi connectivity index (χ3v) is 2.35. The molecule has 0 saturated heterocycles. The summed E-state index contributed by atoms with van der Waals surface area (Å²) in [6.45, 7) is -0.266. The number of Topliss-reactive ketones (excluding diaryl/α,β-unsaturated/α-hetero) is 1. The summed E-state index contributed by atoms with van der Waals surface area (Å²) in [7, 11) is 0. The Labute approximate surface area is 101 Å². The van der Waals surface area contributed by atoms with E-state index in [1.54, 1.807) is 0 Å². The predicted molar refractivity (Wildman–Crippen MR) is 59.2 cm³/mol. The molecule has 0 aliphatic carbocycles. The van der Waals surface area contributed by atoms with Gasteiger partial charge in [0, 0.05) is 17.8 Å². The van der Waals surface area contributed by atoms with Gasteiger partial charge in [0.05, 0.1) is 12.9 Å². The number of hydrogen-bond donors (Lipinski definition) is 0. The van der Waals surface area contributed by atoms with Crippen molar-refractivity contribution in [3.63, 3.8) is 0 Å². The molecule has 1 aromatic carbocycles. The summed E-state index contributed by atoms with van der Waals surface area (Å²) in [6.07, 6.45) is 2.51. The van der Waals surface area contributed by atoms with Crippen molar-refractivity contribution in [3.05, 3.63) is 64.3 Å². The number of carbonyl (C=O) groups excluding carboxylic acids is 1. The number of benzene rings is 1. The Morgan fingerprint density at radius 3 is 2.67 bits per heavy atom. The van der Waals surface area contributed by atoms with E-state index in [0.29, 0.717) is 0 Å². The van der Waals surface area contributed by atoms with E-state index in [1.165, 1.54) is 24.7 Å². The van der Waals surface area contributed by atoms with E-state index < -0.39 is 17.4 Å². The van der Waals surface area contributed by atoms with Gasteiger partial charge in [0.1, 0.15) is 0 Å². The molecule has 1 heterocycles. The smallest absolute Gasteiger partial charge is 0.253 e. The first-order chi connectivity index (χ1) is 8.58. The number of halogens is 2. The molecule has 0 N–H and O–H groups in total. The summed E-state index contributed by atoms with van der Waals surface area (Å²) in [6, 6.07) is 4.05. The predicted octanol–water partition coefficient (Wildman–Crippen LogP) is 1.40. The Morgan fingerprint density at radius 2 is 2.00 bits per heavy atom. The second kappa shape index (κ2) is 4.87. The molecule has 2 rings (SSSR count). The Bertz CT molecular complexity index is 653. The number of hydrogen-bond acceptors (Lipinski definition) is 3. The third-order valence-electron chi connectivity index (χ3n) is 2.35. The zero-order valence-electron chi connectivity index (χ0n) is 9.14. The highest BCUT2D eigenvalue weighted by Crippen LogP contribution is 2.09. The molecule has 2 aromatic rings. The maximum absolute atomic E-state index is 12.9. The zero-order valence-corrected chi connectivity index (χ0v) is 9.14. The van der Waals surface area contributed by atoms with E-state index >= 15 is 0 Å². The van der Waals surface area contributed by atoms with Crippen LogP contribution in [0, 0.1) is 11.6 Å². The van der Waals surface area contributed by atoms with Crippen LogP contribution in [0.4, 0.5) is 8.78 Å². The Hall–Kier alpha value is -2.37. The van der Waals surface area contributed by atoms with Crippen LogP contribution in [0.1, 0.15) is 10.4 Å². The van der Waals surface area contributed by atoms with E-state index in [1.807, 2.05) is 0 Å². The van der Waals surface area contributed by atoms with Crippen molar-refractivity contribution in [2.75, 3.05) is 0 Å². The van der Waals surface area contributed by atoms with Crippen LogP contribution in [-0.2, 0) is 6.54 Å². The van der Waals surface area contributed by atoms with Crippen molar-refractivity contribution in [2.24, 2.45) is 0 Å². The van der Waals surface area contributed by atoms with Gasteiger partial charge in [-0.25, -0.2) is 13.8 Å². The molecule has 0 aliphatic rings. The fraction of sp³-hybridized carbons (Fsp3) is 0.0833. The summed E-state index contributed by atoms with van der Waals surface area (Å²) < 4.78 is 26.7. The number of aromatic nitrogens is 2. The van der Waals surface area contributed by atoms with Crippen LogP contribution in [0.2, 0.25) is 0 Å². The molecule has 0 bridgehead atoms. The van der Waals surface area contributed by atoms with Gasteiger partial charge >= 0.3 is 0 Å². The molecule has 0 saturated carbocycles. The number of nitrogens with zero attached hydrogens (tertiary/aromatic N) is 2. The second-order valence-electron chi connectivity index (χ2n) is 3.60. The monoisotopic (exact) mass is 250 g/mol. The molecule has 0 unspecified atom stereocenters. The SMILES string of the molecule is O=C(Cn1cnccc1=O)c1ccc(F)c(F)c1. The van der Waals surface area contributed by atoms with Gasteiger partial charge in [-0.2, -0.15) is 0 Å². The van der Waals surface area contributed by atoms with E-state index in [0.717, 1.165) is 16.7 Å². The minimum Gasteiger partial charge on any atom is -0.292 e. The first-order valence-corrected chi connectivity index (χ1v) is 5.06. The molecule has 0 amide bonds. The van der Waals surface area contributed by atoms with Gasteiger partial charge in [-0.05, 0) is 18.2 Å². The van der Waals surface area contributed by atoms with E-state index in [-0.39, 0.29) is 17.7 Å². The lowest BCUT2D eigenvalue weighted by molar-refractivity contribution is 0.0970. The van der Waals surface area contributed by atoms with E-state index in [9.17, 15) is 18.4 Å². The van der Waals surface area contributed by atoms with Crippen molar-refractivity contribution in [2.45, 2.75) is 6.54 Å². The molecule has 0 atom stereocenters. The topological polar surface area (TPSA) is 52.0 Å². The Balaban J connectivity index is 2.25. The van der Waals surface area contributed by atoms with Crippen LogP contribution in [0.3, 0.4) is 0 Å². The molecule has 4 nitrogen and oxygen atoms in total. The van der Waals surface area contributed by atoms with Crippen molar-refractivity contribution >= 4 is 5.78 Å². The van der Waals surface area contributed by atoms with Crippen molar-refractivity contribution in [1.82, 2.24) is 9.55 Å². The lowest BCUT2D eigenvalue weighted by atomic mass is 10.1. The van der Waals surface area contributed by atoms with Crippen molar-refractivity contribution in [1.29, 1.82) is 0 Å². The highest BCUT2D eigenvalue weighted by atomic mass is 19.2. The molecule has 1 aromatic heterocycles. The van der Waals surface area contributed by atoms with Crippen LogP contribution in [0.25, 0.3) is 0 Å². The molecular formula is C12H8F2N2O2. The minimum absolute atomic E-state index is 0.00431. The largest absolute Gasteiger partial charge is 0.292 e. The molecular weight excluding hydrogens is 242 g/mol. The highest BCUT2D eigenvalue weighted by Gasteiger charge is 2.10. The zero-order chi connectivity index (χ0) is 13.1. The summed E-state index contributed by atoms with van der Waals surface area (Å²) in [4.78, 5) is 26.8. The average Bonchev–Trinajstić information content (AvgIpc) is 2.35. The summed E-state index contributed by atoms with van der Waals surface area (Å²) in [5.74, 6) is -2.62. The maximum atomic E-state index is 12.9. The Morgan fingerprint density at radius 1 is 1.22 bits per heavy atom. The standard InChI is InChI=1S/C12H8F2N2O2/c13-9-2-1-8(5-10(9)14)11(17)6-16-7-15-4-3-12(16)18/h1-5,7H,6H2. The van der Waals surface area contributed by atoms with Gasteiger partial charge in [0.25, 0.3) is 5.56 Å². The molecule has 0 radical (unpaired) electrons. The molecule has 92 valence electrons. The van der Waals surface area contributed by atoms with Gasteiger partial charge < -0.3 is 0 Å². The summed E-state index contributed by atoms with van der Waals surface area (Å²) in [5, 5.41) is 0. The van der Waals surface area contributed by atoms with E-state index in [2.05, 4.69) is 4.98 Å². The summed E-state index contributed by atoms with van der Waals surface area (Å²) >= 11 is 0. The van der Waals surface area contributed by atoms with Crippen LogP contribution in [0.5, 0.6) is 0 Å². The van der Waals surface area contributed by atoms with Crippen LogP contribution < -0.4 is 5.56 Å². The first-order valence-electron chi connectivity index (χ1n) is 5.06. The fourth-order valence-corrected chi connectivity index (χ4v) is 1.41. The lowest BCUT2D eigenvalue weighted by Crippen LogP contribution is -2.23. The molecule has 0 aliphatic heterocycles. The highest BCUT2D eigenvalue weighted by molar-refractivity contribution is 5.95. The van der Waals surface area contributed by atoms with Gasteiger partial charge in [-0.1, -0.05) is 0 Å². The number of ketones is 1. The molecule has 0 spiro atoms. The second-order valence-corrected chi connectivity index (χ2v) is 3.60. The van der Waals surface area contributed by atoms with Gasteiger partial charge in [-0.3, -0.25) is 14.2 Å². The molecule has 18 heavy (non-hydrogen) atoms. The maximum Gasteiger partial charge on any atom is 0.253 e. The summed E-state index contributed by atoms with van der Waals surface area (Å²) in [5.41, 5.74) is -0.384. The molecule has 6 heteroatoms. The first kappa shape index (κ1) is 12.1. The fourth-order valence-electron chi connectivity index (χ4n) is 1.41. The average molecular weight is 250 g/mol. The quantitative estimate of drug-likeness (QED) is 0.774. The van der Waals surface area contributed by atoms with Crippen LogP contribution in [-0.4, -0.2) is 15.3 Å². The van der Waals surface area contributed by atoms with Gasteiger partial charge in [-0.15, -0.1) is 0 Å². The number of carbonyl (C=O) groups is 1. The lowest BCUT2D eigenvalue weighted by Gasteiger charge is -2.04. The van der Waals surface area contributed by atoms with Gasteiger partial charge in [0.2, 0.25) is 0 Å².